The standard InChI is InChI=1S/C13H17NO3/c15-10-11-3-1-7-14(9-11)13(16)6-5-12-4-2-8-17-12/h2,4-6,8,11,15H,1,3,7,9-10H2/b6-5+. The number of amides is 1. The van der Waals surface area contributed by atoms with Gasteiger partial charge in [-0.15, -0.1) is 0 Å². The van der Waals surface area contributed by atoms with E-state index in [2.05, 4.69) is 0 Å². The maximum absolute atomic E-state index is 11.9. The Morgan fingerprint density at radius 1 is 1.65 bits per heavy atom. The van der Waals surface area contributed by atoms with Crippen molar-refractivity contribution in [2.24, 2.45) is 5.92 Å². The van der Waals surface area contributed by atoms with Gasteiger partial charge in [-0.05, 0) is 37.0 Å². The van der Waals surface area contributed by atoms with Crippen LogP contribution < -0.4 is 0 Å². The molecule has 1 aromatic rings. The Bertz CT molecular complexity index is 383. The summed E-state index contributed by atoms with van der Waals surface area (Å²) in [7, 11) is 0. The number of hydrogen-bond donors (Lipinski definition) is 1. The molecular weight excluding hydrogens is 218 g/mol. The summed E-state index contributed by atoms with van der Waals surface area (Å²) in [5.74, 6) is 0.887. The molecule has 0 aliphatic carbocycles. The minimum Gasteiger partial charge on any atom is -0.465 e. The first kappa shape index (κ1) is 11.9. The van der Waals surface area contributed by atoms with Gasteiger partial charge in [0.2, 0.25) is 5.91 Å². The van der Waals surface area contributed by atoms with E-state index in [1.807, 2.05) is 0 Å². The number of piperidine rings is 1. The molecule has 2 heterocycles. The maximum atomic E-state index is 11.9. The van der Waals surface area contributed by atoms with Gasteiger partial charge in [-0.25, -0.2) is 0 Å². The molecule has 0 aromatic carbocycles. The molecule has 1 aromatic heterocycles. The number of aliphatic hydroxyl groups is 1. The molecule has 1 unspecified atom stereocenters. The molecule has 0 saturated carbocycles. The molecule has 2 rings (SSSR count). The summed E-state index contributed by atoms with van der Waals surface area (Å²) in [6.45, 7) is 1.58. The molecule has 1 aliphatic heterocycles. The van der Waals surface area contributed by atoms with Gasteiger partial charge in [0, 0.05) is 25.8 Å². The Morgan fingerprint density at radius 2 is 2.53 bits per heavy atom. The average molecular weight is 235 g/mol. The lowest BCUT2D eigenvalue weighted by molar-refractivity contribution is -0.127. The quantitative estimate of drug-likeness (QED) is 0.808. The Hall–Kier alpha value is -1.55. The van der Waals surface area contributed by atoms with Gasteiger partial charge >= 0.3 is 0 Å². The number of likely N-dealkylation sites (tertiary alicyclic amines) is 1. The number of carbonyl (C=O) groups excluding carboxylic acids is 1. The average Bonchev–Trinajstić information content (AvgIpc) is 2.89. The van der Waals surface area contributed by atoms with Gasteiger partial charge in [0.15, 0.2) is 0 Å². The molecule has 1 N–H and O–H groups in total. The van der Waals surface area contributed by atoms with Crippen molar-refractivity contribution in [2.45, 2.75) is 12.8 Å². The van der Waals surface area contributed by atoms with Gasteiger partial charge in [-0.3, -0.25) is 4.79 Å². The highest BCUT2D eigenvalue weighted by Gasteiger charge is 2.21. The molecule has 1 aliphatic rings. The second-order valence-electron chi connectivity index (χ2n) is 4.32. The summed E-state index contributed by atoms with van der Waals surface area (Å²) in [6, 6.07) is 3.59. The van der Waals surface area contributed by atoms with Crippen LogP contribution in [0.5, 0.6) is 0 Å². The van der Waals surface area contributed by atoms with Crippen molar-refractivity contribution < 1.29 is 14.3 Å². The van der Waals surface area contributed by atoms with Crippen molar-refractivity contribution in [3.8, 4) is 0 Å². The van der Waals surface area contributed by atoms with Gasteiger partial charge in [-0.1, -0.05) is 0 Å². The third kappa shape index (κ3) is 3.20. The van der Waals surface area contributed by atoms with E-state index in [-0.39, 0.29) is 18.4 Å². The highest BCUT2D eigenvalue weighted by Crippen LogP contribution is 2.16. The predicted molar refractivity (Wildman–Crippen MR) is 64.1 cm³/mol. The van der Waals surface area contributed by atoms with Crippen LogP contribution in [0.15, 0.2) is 28.9 Å². The molecule has 1 atom stereocenters. The molecule has 0 radical (unpaired) electrons. The largest absolute Gasteiger partial charge is 0.465 e. The van der Waals surface area contributed by atoms with E-state index < -0.39 is 0 Å². The fraction of sp³-hybridized carbons (Fsp3) is 0.462. The van der Waals surface area contributed by atoms with E-state index >= 15 is 0 Å². The van der Waals surface area contributed by atoms with Crippen molar-refractivity contribution in [1.29, 1.82) is 0 Å². The second kappa shape index (κ2) is 5.68. The highest BCUT2D eigenvalue weighted by atomic mass is 16.3. The van der Waals surface area contributed by atoms with Crippen LogP contribution in [0, 0.1) is 5.92 Å². The van der Waals surface area contributed by atoms with E-state index in [4.69, 9.17) is 9.52 Å². The number of nitrogens with zero attached hydrogens (tertiary/aromatic N) is 1. The minimum atomic E-state index is -0.0143. The maximum Gasteiger partial charge on any atom is 0.246 e. The topological polar surface area (TPSA) is 53.7 Å². The van der Waals surface area contributed by atoms with Crippen LogP contribution in [0.3, 0.4) is 0 Å². The molecule has 4 heteroatoms. The summed E-state index contributed by atoms with van der Waals surface area (Å²) in [4.78, 5) is 13.7. The monoisotopic (exact) mass is 235 g/mol. The van der Waals surface area contributed by atoms with Gasteiger partial charge in [0.1, 0.15) is 5.76 Å². The van der Waals surface area contributed by atoms with Crippen molar-refractivity contribution in [3.05, 3.63) is 30.2 Å². The summed E-state index contributed by atoms with van der Waals surface area (Å²) >= 11 is 0. The first-order valence-corrected chi connectivity index (χ1v) is 5.91. The summed E-state index contributed by atoms with van der Waals surface area (Å²) in [5.41, 5.74) is 0. The number of hydrogen-bond acceptors (Lipinski definition) is 3. The fourth-order valence-corrected chi connectivity index (χ4v) is 2.06. The fourth-order valence-electron chi connectivity index (χ4n) is 2.06. The van der Waals surface area contributed by atoms with Crippen molar-refractivity contribution >= 4 is 12.0 Å². The van der Waals surface area contributed by atoms with E-state index in [0.717, 1.165) is 19.4 Å². The molecule has 4 nitrogen and oxygen atoms in total. The smallest absolute Gasteiger partial charge is 0.246 e. The summed E-state index contributed by atoms with van der Waals surface area (Å²) < 4.78 is 5.12. The van der Waals surface area contributed by atoms with Crippen LogP contribution in [0.25, 0.3) is 6.08 Å². The lowest BCUT2D eigenvalue weighted by atomic mass is 9.99. The highest BCUT2D eigenvalue weighted by molar-refractivity contribution is 5.91. The molecular formula is C13H17NO3. The third-order valence-corrected chi connectivity index (χ3v) is 3.02. The summed E-state index contributed by atoms with van der Waals surface area (Å²) in [5, 5.41) is 9.10. The van der Waals surface area contributed by atoms with Gasteiger partial charge in [0.25, 0.3) is 0 Å². The second-order valence-corrected chi connectivity index (χ2v) is 4.32. The third-order valence-electron chi connectivity index (χ3n) is 3.02. The van der Waals surface area contributed by atoms with Crippen molar-refractivity contribution in [3.63, 3.8) is 0 Å². The molecule has 17 heavy (non-hydrogen) atoms. The molecule has 92 valence electrons. The van der Waals surface area contributed by atoms with Crippen molar-refractivity contribution in [2.75, 3.05) is 19.7 Å². The molecule has 0 spiro atoms. The lowest BCUT2D eigenvalue weighted by Gasteiger charge is -2.31. The SMILES string of the molecule is O=C(/C=C/c1ccco1)N1CCCC(CO)C1. The number of rotatable bonds is 3. The van der Waals surface area contributed by atoms with Crippen LogP contribution in [0.2, 0.25) is 0 Å². The number of aliphatic hydroxyl groups excluding tert-OH is 1. The van der Waals surface area contributed by atoms with Crippen LogP contribution in [-0.4, -0.2) is 35.6 Å². The zero-order valence-electron chi connectivity index (χ0n) is 9.71. The minimum absolute atomic E-state index is 0.0143. The van der Waals surface area contributed by atoms with E-state index in [1.165, 1.54) is 6.08 Å². The Morgan fingerprint density at radius 3 is 3.24 bits per heavy atom. The zero-order chi connectivity index (χ0) is 12.1. The van der Waals surface area contributed by atoms with E-state index in [9.17, 15) is 4.79 Å². The first-order valence-electron chi connectivity index (χ1n) is 5.91. The zero-order valence-corrected chi connectivity index (χ0v) is 9.71. The van der Waals surface area contributed by atoms with Gasteiger partial charge in [0.05, 0.1) is 6.26 Å². The lowest BCUT2D eigenvalue weighted by Crippen LogP contribution is -2.40. The van der Waals surface area contributed by atoms with Gasteiger partial charge < -0.3 is 14.4 Å². The van der Waals surface area contributed by atoms with Crippen LogP contribution in [0.4, 0.5) is 0 Å². The normalized spacial score (nSPS) is 21.0. The van der Waals surface area contributed by atoms with Crippen molar-refractivity contribution in [1.82, 2.24) is 4.90 Å². The molecule has 1 amide bonds. The predicted octanol–water partition coefficient (Wildman–Crippen LogP) is 1.52. The van der Waals surface area contributed by atoms with Gasteiger partial charge in [-0.2, -0.15) is 0 Å². The Labute approximate surface area is 101 Å². The number of furan rings is 1. The molecule has 1 fully saturated rings. The van der Waals surface area contributed by atoms with Crippen LogP contribution >= 0.6 is 0 Å². The first-order chi connectivity index (χ1) is 8.29. The Balaban J connectivity index is 1.91. The molecule has 1 saturated heterocycles. The number of carbonyl (C=O) groups is 1. The van der Waals surface area contributed by atoms with Crippen LogP contribution in [0.1, 0.15) is 18.6 Å². The van der Waals surface area contributed by atoms with Crippen LogP contribution in [-0.2, 0) is 4.79 Å². The summed E-state index contributed by atoms with van der Waals surface area (Å²) in [6.07, 6.45) is 6.74. The Kier molecular flexibility index (Phi) is 3.98. The van der Waals surface area contributed by atoms with E-state index in [1.54, 1.807) is 29.4 Å². The molecule has 0 bridgehead atoms. The van der Waals surface area contributed by atoms with E-state index in [0.29, 0.717) is 12.3 Å².